The van der Waals surface area contributed by atoms with Crippen molar-refractivity contribution >= 4 is 11.9 Å². The summed E-state index contributed by atoms with van der Waals surface area (Å²) in [6.07, 6.45) is 0. The number of aliphatic hydroxyl groups is 1. The van der Waals surface area contributed by atoms with E-state index >= 15 is 0 Å². The van der Waals surface area contributed by atoms with E-state index in [9.17, 15) is 9.59 Å². The molecule has 0 aliphatic rings. The maximum atomic E-state index is 10.5. The maximum Gasteiger partial charge on any atom is 0.333 e. The van der Waals surface area contributed by atoms with E-state index in [1.165, 1.54) is 6.92 Å². The summed E-state index contributed by atoms with van der Waals surface area (Å²) in [4.78, 5) is 20.6. The fraction of sp³-hybridized carbons (Fsp3) is 0.667. The Balaban J connectivity index is 0. The lowest BCUT2D eigenvalue weighted by Gasteiger charge is -1.99. The van der Waals surface area contributed by atoms with Crippen molar-refractivity contribution in [3.8, 4) is 0 Å². The van der Waals surface area contributed by atoms with Crippen molar-refractivity contribution in [2.75, 3.05) is 33.0 Å². The first-order valence-electron chi connectivity index (χ1n) is 5.60. The molecule has 0 atom stereocenters. The summed E-state index contributed by atoms with van der Waals surface area (Å²) in [5.41, 5.74) is 0.350. The zero-order valence-electron chi connectivity index (χ0n) is 11.2. The first-order valence-corrected chi connectivity index (χ1v) is 5.60. The molecule has 1 N–H and O–H groups in total. The number of hydrogen-bond donors (Lipinski definition) is 1. The molecule has 0 spiro atoms. The van der Waals surface area contributed by atoms with Crippen LogP contribution in [-0.2, 0) is 23.8 Å². The van der Waals surface area contributed by atoms with Crippen LogP contribution in [0.4, 0.5) is 0 Å². The molecule has 0 aromatic heterocycles. The van der Waals surface area contributed by atoms with Crippen LogP contribution in [0, 0.1) is 0 Å². The second-order valence-electron chi connectivity index (χ2n) is 3.18. The van der Waals surface area contributed by atoms with Gasteiger partial charge in [0.2, 0.25) is 0 Å². The highest BCUT2D eigenvalue weighted by molar-refractivity contribution is 5.86. The molecule has 0 fully saturated rings. The Labute approximate surface area is 108 Å². The van der Waals surface area contributed by atoms with Gasteiger partial charge in [-0.25, -0.2) is 4.79 Å². The summed E-state index contributed by atoms with van der Waals surface area (Å²) in [5.74, 6) is -0.709. The summed E-state index contributed by atoms with van der Waals surface area (Å²) >= 11 is 0. The van der Waals surface area contributed by atoms with Crippen molar-refractivity contribution in [3.63, 3.8) is 0 Å². The molecule has 0 aliphatic carbocycles. The van der Waals surface area contributed by atoms with E-state index in [-0.39, 0.29) is 19.2 Å². The van der Waals surface area contributed by atoms with Gasteiger partial charge < -0.3 is 19.3 Å². The van der Waals surface area contributed by atoms with E-state index in [0.29, 0.717) is 25.4 Å². The quantitative estimate of drug-likeness (QED) is 0.413. The van der Waals surface area contributed by atoms with Crippen LogP contribution in [0.2, 0.25) is 0 Å². The fourth-order valence-corrected chi connectivity index (χ4v) is 0.650. The molecule has 0 rings (SSSR count). The Bertz CT molecular complexity index is 249. The van der Waals surface area contributed by atoms with Crippen LogP contribution in [0.1, 0.15) is 20.8 Å². The van der Waals surface area contributed by atoms with Gasteiger partial charge in [0, 0.05) is 19.1 Å². The van der Waals surface area contributed by atoms with Gasteiger partial charge in [0.05, 0.1) is 13.2 Å². The molecule has 0 saturated carbocycles. The molecule has 0 heterocycles. The number of ether oxygens (including phenoxy) is 3. The minimum Gasteiger partial charge on any atom is -0.463 e. The van der Waals surface area contributed by atoms with E-state index in [4.69, 9.17) is 9.84 Å². The van der Waals surface area contributed by atoms with Crippen molar-refractivity contribution in [2.45, 2.75) is 20.8 Å². The van der Waals surface area contributed by atoms with E-state index in [2.05, 4.69) is 16.1 Å². The van der Waals surface area contributed by atoms with Crippen LogP contribution in [-0.4, -0.2) is 50.1 Å². The molecule has 6 nitrogen and oxygen atoms in total. The van der Waals surface area contributed by atoms with Crippen LogP contribution in [0.25, 0.3) is 0 Å². The summed E-state index contributed by atoms with van der Waals surface area (Å²) < 4.78 is 14.0. The monoisotopic (exact) mass is 262 g/mol. The van der Waals surface area contributed by atoms with Gasteiger partial charge in [-0.3, -0.25) is 4.79 Å². The topological polar surface area (TPSA) is 82.1 Å². The highest BCUT2D eigenvalue weighted by Gasteiger charge is 1.99. The smallest absolute Gasteiger partial charge is 0.333 e. The SMILES string of the molecule is C=C(C)C(=O)OCCO.CCOCCOC(C)=O. The van der Waals surface area contributed by atoms with Crippen LogP contribution >= 0.6 is 0 Å². The van der Waals surface area contributed by atoms with Gasteiger partial charge in [-0.05, 0) is 13.8 Å². The fourth-order valence-electron chi connectivity index (χ4n) is 0.650. The number of rotatable bonds is 7. The molecule has 0 radical (unpaired) electrons. The molecule has 0 aromatic rings. The van der Waals surface area contributed by atoms with Gasteiger partial charge in [0.1, 0.15) is 13.2 Å². The summed E-state index contributed by atoms with van der Waals surface area (Å²) in [6.45, 7) is 9.62. The zero-order chi connectivity index (χ0) is 14.4. The Kier molecular flexibility index (Phi) is 14.4. The van der Waals surface area contributed by atoms with Crippen molar-refractivity contribution in [3.05, 3.63) is 12.2 Å². The summed E-state index contributed by atoms with van der Waals surface area (Å²) in [7, 11) is 0. The lowest BCUT2D eigenvalue weighted by atomic mass is 10.4. The second kappa shape index (κ2) is 13.7. The normalized spacial score (nSPS) is 8.89. The molecule has 0 aromatic carbocycles. The molecular weight excluding hydrogens is 240 g/mol. The average Bonchev–Trinajstić information content (AvgIpc) is 2.32. The second-order valence-corrected chi connectivity index (χ2v) is 3.18. The summed E-state index contributed by atoms with van der Waals surface area (Å²) in [6, 6.07) is 0. The Morgan fingerprint density at radius 1 is 1.11 bits per heavy atom. The number of carbonyl (C=O) groups is 2. The zero-order valence-corrected chi connectivity index (χ0v) is 11.2. The molecule has 0 bridgehead atoms. The molecule has 6 heteroatoms. The number of aliphatic hydroxyl groups excluding tert-OH is 1. The molecule has 0 amide bonds. The van der Waals surface area contributed by atoms with Gasteiger partial charge >= 0.3 is 11.9 Å². The maximum absolute atomic E-state index is 10.5. The lowest BCUT2D eigenvalue weighted by molar-refractivity contribution is -0.142. The van der Waals surface area contributed by atoms with Crippen molar-refractivity contribution in [2.24, 2.45) is 0 Å². The highest BCUT2D eigenvalue weighted by atomic mass is 16.6. The third kappa shape index (κ3) is 17.0. The molecule has 18 heavy (non-hydrogen) atoms. The number of esters is 2. The minimum absolute atomic E-state index is 0.0473. The van der Waals surface area contributed by atoms with E-state index in [0.717, 1.165) is 0 Å². The van der Waals surface area contributed by atoms with E-state index in [1.54, 1.807) is 6.92 Å². The van der Waals surface area contributed by atoms with Crippen LogP contribution in [0.5, 0.6) is 0 Å². The van der Waals surface area contributed by atoms with Crippen molar-refractivity contribution in [1.29, 1.82) is 0 Å². The van der Waals surface area contributed by atoms with Gasteiger partial charge in [0.25, 0.3) is 0 Å². The third-order valence-corrected chi connectivity index (χ3v) is 1.41. The Morgan fingerprint density at radius 3 is 2.11 bits per heavy atom. The van der Waals surface area contributed by atoms with Gasteiger partial charge in [-0.1, -0.05) is 6.58 Å². The standard InChI is InChI=1S/C6H10O3.C6H12O3/c1-5(2)6(8)9-4-3-7;1-3-8-4-5-9-6(2)7/h7H,1,3-4H2,2H3;3-5H2,1-2H3. The molecule has 0 unspecified atom stereocenters. The predicted molar refractivity (Wildman–Crippen MR) is 66.0 cm³/mol. The lowest BCUT2D eigenvalue weighted by Crippen LogP contribution is -2.08. The highest BCUT2D eigenvalue weighted by Crippen LogP contribution is 1.89. The van der Waals surface area contributed by atoms with Gasteiger partial charge in [-0.15, -0.1) is 0 Å². The van der Waals surface area contributed by atoms with Crippen LogP contribution in [0.15, 0.2) is 12.2 Å². The number of carbonyl (C=O) groups excluding carboxylic acids is 2. The van der Waals surface area contributed by atoms with Crippen molar-refractivity contribution in [1.82, 2.24) is 0 Å². The minimum atomic E-state index is -0.455. The first kappa shape index (κ1) is 19.0. The van der Waals surface area contributed by atoms with Gasteiger partial charge in [-0.2, -0.15) is 0 Å². The van der Waals surface area contributed by atoms with Crippen molar-refractivity contribution < 1.29 is 28.9 Å². The Morgan fingerprint density at radius 2 is 1.72 bits per heavy atom. The van der Waals surface area contributed by atoms with Gasteiger partial charge in [0.15, 0.2) is 0 Å². The molecule has 0 aliphatic heterocycles. The Hall–Kier alpha value is -1.40. The van der Waals surface area contributed by atoms with Crippen LogP contribution < -0.4 is 0 Å². The van der Waals surface area contributed by atoms with Crippen LogP contribution in [0.3, 0.4) is 0 Å². The van der Waals surface area contributed by atoms with E-state index in [1.807, 2.05) is 6.92 Å². The third-order valence-electron chi connectivity index (χ3n) is 1.41. The molecular formula is C12H22O6. The van der Waals surface area contributed by atoms with E-state index < -0.39 is 5.97 Å². The average molecular weight is 262 g/mol. The molecule has 0 saturated heterocycles. The number of hydrogen-bond acceptors (Lipinski definition) is 6. The molecule has 106 valence electrons. The largest absolute Gasteiger partial charge is 0.463 e. The predicted octanol–water partition coefficient (Wildman–Crippen LogP) is 0.684. The first-order chi connectivity index (χ1) is 8.45. The summed E-state index contributed by atoms with van der Waals surface area (Å²) in [5, 5.41) is 8.19.